The van der Waals surface area contributed by atoms with Crippen molar-refractivity contribution in [2.75, 3.05) is 17.8 Å². The number of nitrogens with zero attached hydrogens (tertiary/aromatic N) is 1. The van der Waals surface area contributed by atoms with E-state index in [-0.39, 0.29) is 0 Å². The van der Waals surface area contributed by atoms with Gasteiger partial charge in [0.15, 0.2) is 0 Å². The molecule has 1 N–H and O–H groups in total. The second-order valence-corrected chi connectivity index (χ2v) is 6.80. The molecule has 20 heavy (non-hydrogen) atoms. The summed E-state index contributed by atoms with van der Waals surface area (Å²) in [6.07, 6.45) is 3.00. The summed E-state index contributed by atoms with van der Waals surface area (Å²) in [5, 5.41) is 2.14. The first-order chi connectivity index (χ1) is 9.65. The minimum absolute atomic E-state index is 0.614. The Labute approximate surface area is 119 Å². The normalized spacial score (nSPS) is 17.2. The van der Waals surface area contributed by atoms with E-state index in [0.717, 1.165) is 30.0 Å². The van der Waals surface area contributed by atoms with Crippen LogP contribution in [0.5, 0.6) is 0 Å². The van der Waals surface area contributed by atoms with Crippen LogP contribution in [0.2, 0.25) is 0 Å². The molecule has 1 aliphatic rings. The minimum atomic E-state index is -3.42. The Kier molecular flexibility index (Phi) is 3.63. The Morgan fingerprint density at radius 1 is 0.900 bits per heavy atom. The number of piperidine rings is 1. The highest BCUT2D eigenvalue weighted by Crippen LogP contribution is 2.21. The van der Waals surface area contributed by atoms with Crippen LogP contribution in [0.25, 0.3) is 10.8 Å². The van der Waals surface area contributed by atoms with E-state index in [4.69, 9.17) is 0 Å². The monoisotopic (exact) mass is 290 g/mol. The predicted molar refractivity (Wildman–Crippen MR) is 81.9 cm³/mol. The summed E-state index contributed by atoms with van der Waals surface area (Å²) in [6, 6.07) is 13.5. The van der Waals surface area contributed by atoms with Crippen LogP contribution in [-0.4, -0.2) is 25.8 Å². The lowest BCUT2D eigenvalue weighted by Crippen LogP contribution is -2.39. The second-order valence-electron chi connectivity index (χ2n) is 5.13. The zero-order valence-electron chi connectivity index (χ0n) is 11.2. The van der Waals surface area contributed by atoms with E-state index in [1.807, 2.05) is 42.5 Å². The summed E-state index contributed by atoms with van der Waals surface area (Å²) in [7, 11) is -3.42. The third-order valence-electron chi connectivity index (χ3n) is 3.65. The van der Waals surface area contributed by atoms with E-state index in [0.29, 0.717) is 18.8 Å². The lowest BCUT2D eigenvalue weighted by molar-refractivity contribution is 0.349. The van der Waals surface area contributed by atoms with Gasteiger partial charge in [-0.2, -0.15) is 12.7 Å². The maximum absolute atomic E-state index is 12.3. The molecule has 1 aliphatic heterocycles. The Hall–Kier alpha value is -1.59. The van der Waals surface area contributed by atoms with Crippen molar-refractivity contribution in [1.82, 2.24) is 4.31 Å². The molecule has 2 aromatic rings. The molecule has 1 fully saturated rings. The molecule has 4 nitrogen and oxygen atoms in total. The first-order valence-corrected chi connectivity index (χ1v) is 8.36. The molecule has 0 saturated carbocycles. The van der Waals surface area contributed by atoms with Gasteiger partial charge in [-0.1, -0.05) is 36.8 Å². The highest BCUT2D eigenvalue weighted by molar-refractivity contribution is 7.90. The lowest BCUT2D eigenvalue weighted by atomic mass is 10.1. The van der Waals surface area contributed by atoms with Gasteiger partial charge in [-0.25, -0.2) is 0 Å². The molecule has 3 rings (SSSR count). The Balaban J connectivity index is 1.84. The molecule has 0 atom stereocenters. The highest BCUT2D eigenvalue weighted by atomic mass is 32.2. The Morgan fingerprint density at radius 2 is 1.60 bits per heavy atom. The summed E-state index contributed by atoms with van der Waals surface area (Å²) >= 11 is 0. The summed E-state index contributed by atoms with van der Waals surface area (Å²) in [6.45, 7) is 1.23. The van der Waals surface area contributed by atoms with Crippen molar-refractivity contribution in [3.8, 4) is 0 Å². The largest absolute Gasteiger partial charge is 0.301 e. The van der Waals surface area contributed by atoms with Crippen LogP contribution in [0.1, 0.15) is 19.3 Å². The average molecular weight is 290 g/mol. The van der Waals surface area contributed by atoms with Gasteiger partial charge in [0, 0.05) is 13.1 Å². The molecular weight excluding hydrogens is 272 g/mol. The van der Waals surface area contributed by atoms with Gasteiger partial charge in [-0.05, 0) is 35.7 Å². The molecule has 0 bridgehead atoms. The Morgan fingerprint density at radius 3 is 2.35 bits per heavy atom. The summed E-state index contributed by atoms with van der Waals surface area (Å²) in [5.74, 6) is 0. The van der Waals surface area contributed by atoms with Gasteiger partial charge in [0.05, 0.1) is 5.69 Å². The van der Waals surface area contributed by atoms with Crippen LogP contribution in [0.15, 0.2) is 42.5 Å². The van der Waals surface area contributed by atoms with E-state index in [9.17, 15) is 8.42 Å². The molecule has 5 heteroatoms. The molecule has 0 spiro atoms. The van der Waals surface area contributed by atoms with Crippen LogP contribution >= 0.6 is 0 Å². The standard InChI is InChI=1S/C15H18N2O2S/c18-20(19,17-10-4-1-5-11-17)16-15-9-8-13-6-2-3-7-14(13)12-15/h2-3,6-9,12,16H,1,4-5,10-11H2. The van der Waals surface area contributed by atoms with Crippen LogP contribution in [0, 0.1) is 0 Å². The third kappa shape index (κ3) is 2.78. The van der Waals surface area contributed by atoms with E-state index >= 15 is 0 Å². The van der Waals surface area contributed by atoms with Gasteiger partial charge in [0.2, 0.25) is 0 Å². The zero-order chi connectivity index (χ0) is 14.0. The van der Waals surface area contributed by atoms with E-state index in [2.05, 4.69) is 4.72 Å². The van der Waals surface area contributed by atoms with E-state index in [1.54, 1.807) is 0 Å². The maximum Gasteiger partial charge on any atom is 0.301 e. The van der Waals surface area contributed by atoms with Crippen molar-refractivity contribution < 1.29 is 8.42 Å². The number of nitrogens with one attached hydrogen (secondary N) is 1. The molecule has 0 unspecified atom stereocenters. The van der Waals surface area contributed by atoms with Crippen molar-refractivity contribution in [2.45, 2.75) is 19.3 Å². The fourth-order valence-electron chi connectivity index (χ4n) is 2.57. The maximum atomic E-state index is 12.3. The van der Waals surface area contributed by atoms with Gasteiger partial charge >= 0.3 is 10.2 Å². The van der Waals surface area contributed by atoms with Crippen molar-refractivity contribution in [2.24, 2.45) is 0 Å². The molecule has 0 aromatic heterocycles. The van der Waals surface area contributed by atoms with Gasteiger partial charge < -0.3 is 0 Å². The second kappa shape index (κ2) is 5.42. The topological polar surface area (TPSA) is 49.4 Å². The molecule has 0 aliphatic carbocycles. The zero-order valence-corrected chi connectivity index (χ0v) is 12.1. The minimum Gasteiger partial charge on any atom is -0.271 e. The van der Waals surface area contributed by atoms with Crippen LogP contribution in [0.3, 0.4) is 0 Å². The van der Waals surface area contributed by atoms with Gasteiger partial charge in [0.1, 0.15) is 0 Å². The molecule has 1 heterocycles. The number of rotatable bonds is 3. The van der Waals surface area contributed by atoms with Gasteiger partial charge in [-0.15, -0.1) is 0 Å². The SMILES string of the molecule is O=S(=O)(Nc1ccc2ccccc2c1)N1CCCCC1. The first kappa shape index (κ1) is 13.4. The van der Waals surface area contributed by atoms with Gasteiger partial charge in [0.25, 0.3) is 0 Å². The highest BCUT2D eigenvalue weighted by Gasteiger charge is 2.23. The molecule has 2 aromatic carbocycles. The lowest BCUT2D eigenvalue weighted by Gasteiger charge is -2.26. The third-order valence-corrected chi connectivity index (χ3v) is 5.19. The molecule has 0 radical (unpaired) electrons. The van der Waals surface area contributed by atoms with Gasteiger partial charge in [-0.3, -0.25) is 4.72 Å². The summed E-state index contributed by atoms with van der Waals surface area (Å²) in [4.78, 5) is 0. The number of benzene rings is 2. The fraction of sp³-hybridized carbons (Fsp3) is 0.333. The van der Waals surface area contributed by atoms with Crippen molar-refractivity contribution in [3.05, 3.63) is 42.5 Å². The molecular formula is C15H18N2O2S. The van der Waals surface area contributed by atoms with E-state index < -0.39 is 10.2 Å². The fourth-order valence-corrected chi connectivity index (χ4v) is 3.86. The van der Waals surface area contributed by atoms with Crippen molar-refractivity contribution >= 4 is 26.7 Å². The number of hydrogen-bond donors (Lipinski definition) is 1. The number of fused-ring (bicyclic) bond motifs is 1. The molecule has 1 saturated heterocycles. The Bertz CT molecular complexity index is 707. The predicted octanol–water partition coefficient (Wildman–Crippen LogP) is 2.98. The molecule has 0 amide bonds. The molecule has 106 valence electrons. The first-order valence-electron chi connectivity index (χ1n) is 6.92. The quantitative estimate of drug-likeness (QED) is 0.944. The van der Waals surface area contributed by atoms with Crippen molar-refractivity contribution in [3.63, 3.8) is 0 Å². The number of anilines is 1. The van der Waals surface area contributed by atoms with Crippen LogP contribution in [0.4, 0.5) is 5.69 Å². The number of hydrogen-bond acceptors (Lipinski definition) is 2. The summed E-state index contributed by atoms with van der Waals surface area (Å²) in [5.41, 5.74) is 0.620. The van der Waals surface area contributed by atoms with Crippen LogP contribution in [-0.2, 0) is 10.2 Å². The summed E-state index contributed by atoms with van der Waals surface area (Å²) < 4.78 is 28.8. The van der Waals surface area contributed by atoms with E-state index in [1.165, 1.54) is 4.31 Å². The average Bonchev–Trinajstić information content (AvgIpc) is 2.48. The van der Waals surface area contributed by atoms with Crippen LogP contribution < -0.4 is 4.72 Å². The smallest absolute Gasteiger partial charge is 0.271 e. The van der Waals surface area contributed by atoms with Crippen molar-refractivity contribution in [1.29, 1.82) is 0 Å².